The third-order valence-corrected chi connectivity index (χ3v) is 3.44. The first-order valence-electron chi connectivity index (χ1n) is 6.95. The fourth-order valence-electron chi connectivity index (χ4n) is 2.35. The summed E-state index contributed by atoms with van der Waals surface area (Å²) < 4.78 is 0. The van der Waals surface area contributed by atoms with Gasteiger partial charge in [-0.3, -0.25) is 15.0 Å². The Morgan fingerprint density at radius 2 is 2.10 bits per heavy atom. The van der Waals surface area contributed by atoms with Crippen LogP contribution in [0, 0.1) is 0 Å². The minimum Gasteiger partial charge on any atom is -0.337 e. The smallest absolute Gasteiger partial charge is 0.283 e. The van der Waals surface area contributed by atoms with Gasteiger partial charge >= 0.3 is 0 Å². The largest absolute Gasteiger partial charge is 0.337 e. The number of nitrogens with two attached hydrogens (primary N) is 1. The molecule has 108 valence electrons. The normalized spacial score (nSPS) is 16.4. The number of likely N-dealkylation sites (tertiary alicyclic amines) is 1. The number of nitrogen functional groups attached to an aromatic ring is 1. The monoisotopic (exact) mass is 276 g/mol. The summed E-state index contributed by atoms with van der Waals surface area (Å²) in [4.78, 5) is 29.6. The molecule has 0 aliphatic carbocycles. The lowest BCUT2D eigenvalue weighted by atomic mass is 10.1. The molecule has 0 radical (unpaired) electrons. The third kappa shape index (κ3) is 3.77. The number of aromatic nitrogens is 1. The summed E-state index contributed by atoms with van der Waals surface area (Å²) in [6.45, 7) is 1.21. The summed E-state index contributed by atoms with van der Waals surface area (Å²) >= 11 is 0. The van der Waals surface area contributed by atoms with E-state index in [0.29, 0.717) is 18.7 Å². The molecule has 0 bridgehead atoms. The molecule has 0 aromatic carbocycles. The molecule has 20 heavy (non-hydrogen) atoms. The second kappa shape index (κ2) is 7.00. The molecule has 1 fully saturated rings. The molecule has 1 aliphatic heterocycles. The number of hydrogen-bond donors (Lipinski definition) is 2. The second-order valence-electron chi connectivity index (χ2n) is 4.97. The number of carbonyl (C=O) groups excluding carboxylic acids is 2. The molecule has 2 amide bonds. The van der Waals surface area contributed by atoms with Crippen molar-refractivity contribution < 1.29 is 9.59 Å². The molecule has 1 aliphatic rings. The Morgan fingerprint density at radius 1 is 1.30 bits per heavy atom. The van der Waals surface area contributed by atoms with Gasteiger partial charge in [0, 0.05) is 13.0 Å². The predicted molar refractivity (Wildman–Crippen MR) is 74.4 cm³/mol. The SMILES string of the molecule is NNC(=O)c1cccc(CN2CCCCCCC2=O)n1. The number of rotatable bonds is 3. The molecular weight excluding hydrogens is 256 g/mol. The van der Waals surface area contributed by atoms with Gasteiger partial charge < -0.3 is 4.90 Å². The maximum absolute atomic E-state index is 12.0. The minimum atomic E-state index is -0.425. The molecule has 0 atom stereocenters. The number of amides is 2. The maximum Gasteiger partial charge on any atom is 0.283 e. The molecule has 1 saturated heterocycles. The van der Waals surface area contributed by atoms with Crippen LogP contribution in [0.1, 0.15) is 48.3 Å². The molecule has 1 aromatic heterocycles. The van der Waals surface area contributed by atoms with Crippen LogP contribution in [0.15, 0.2) is 18.2 Å². The van der Waals surface area contributed by atoms with Crippen molar-refractivity contribution in [2.75, 3.05) is 6.54 Å². The summed E-state index contributed by atoms with van der Waals surface area (Å²) in [5.74, 6) is 4.84. The van der Waals surface area contributed by atoms with Gasteiger partial charge in [-0.2, -0.15) is 0 Å². The number of nitrogens with zero attached hydrogens (tertiary/aromatic N) is 2. The molecule has 0 unspecified atom stereocenters. The van der Waals surface area contributed by atoms with Crippen molar-refractivity contribution in [3.05, 3.63) is 29.6 Å². The van der Waals surface area contributed by atoms with Gasteiger partial charge in [-0.25, -0.2) is 10.8 Å². The molecule has 2 heterocycles. The van der Waals surface area contributed by atoms with Crippen LogP contribution in [0.3, 0.4) is 0 Å². The van der Waals surface area contributed by atoms with E-state index < -0.39 is 5.91 Å². The molecule has 3 N–H and O–H groups in total. The fraction of sp³-hybridized carbons (Fsp3) is 0.500. The number of nitrogens with one attached hydrogen (secondary N) is 1. The summed E-state index contributed by atoms with van der Waals surface area (Å²) in [6, 6.07) is 5.17. The highest BCUT2D eigenvalue weighted by atomic mass is 16.2. The number of hydrogen-bond acceptors (Lipinski definition) is 4. The molecule has 6 heteroatoms. The van der Waals surface area contributed by atoms with Gasteiger partial charge in [-0.15, -0.1) is 0 Å². The van der Waals surface area contributed by atoms with Gasteiger partial charge in [0.25, 0.3) is 5.91 Å². The number of pyridine rings is 1. The van der Waals surface area contributed by atoms with Gasteiger partial charge in [0.15, 0.2) is 0 Å². The highest BCUT2D eigenvalue weighted by Crippen LogP contribution is 2.14. The average Bonchev–Trinajstić information content (AvgIpc) is 2.46. The Morgan fingerprint density at radius 3 is 2.90 bits per heavy atom. The van der Waals surface area contributed by atoms with Crippen molar-refractivity contribution >= 4 is 11.8 Å². The number of hydrazine groups is 1. The van der Waals surface area contributed by atoms with Crippen LogP contribution >= 0.6 is 0 Å². The Kier molecular flexibility index (Phi) is 5.06. The lowest BCUT2D eigenvalue weighted by molar-refractivity contribution is -0.132. The van der Waals surface area contributed by atoms with Crippen LogP contribution in [0.2, 0.25) is 0 Å². The lowest BCUT2D eigenvalue weighted by Crippen LogP contribution is -2.33. The van der Waals surface area contributed by atoms with Gasteiger partial charge in [0.2, 0.25) is 5.91 Å². The number of carbonyl (C=O) groups is 2. The first-order chi connectivity index (χ1) is 9.70. The van der Waals surface area contributed by atoms with E-state index >= 15 is 0 Å². The first kappa shape index (κ1) is 14.5. The van der Waals surface area contributed by atoms with Crippen molar-refractivity contribution in [2.45, 2.75) is 38.6 Å². The lowest BCUT2D eigenvalue weighted by Gasteiger charge is -2.24. The van der Waals surface area contributed by atoms with Crippen molar-refractivity contribution in [3.63, 3.8) is 0 Å². The zero-order valence-electron chi connectivity index (χ0n) is 11.5. The van der Waals surface area contributed by atoms with E-state index in [0.717, 1.165) is 32.2 Å². The molecule has 0 spiro atoms. The van der Waals surface area contributed by atoms with E-state index in [4.69, 9.17) is 5.84 Å². The summed E-state index contributed by atoms with van der Waals surface area (Å²) in [5, 5.41) is 0. The maximum atomic E-state index is 12.0. The Balaban J connectivity index is 2.07. The quantitative estimate of drug-likeness (QED) is 0.489. The minimum absolute atomic E-state index is 0.167. The highest BCUT2D eigenvalue weighted by Gasteiger charge is 2.16. The van der Waals surface area contributed by atoms with Crippen LogP contribution < -0.4 is 11.3 Å². The highest BCUT2D eigenvalue weighted by molar-refractivity contribution is 5.91. The second-order valence-corrected chi connectivity index (χ2v) is 4.97. The molecule has 2 rings (SSSR count). The van der Waals surface area contributed by atoms with Crippen molar-refractivity contribution in [3.8, 4) is 0 Å². The average molecular weight is 276 g/mol. The standard InChI is InChI=1S/C14H20N4O2/c15-17-14(20)12-7-5-6-11(16-12)10-18-9-4-2-1-3-8-13(18)19/h5-7H,1-4,8-10,15H2,(H,17,20). The van der Waals surface area contributed by atoms with Gasteiger partial charge in [-0.1, -0.05) is 18.9 Å². The van der Waals surface area contributed by atoms with E-state index in [1.165, 1.54) is 0 Å². The van der Waals surface area contributed by atoms with E-state index in [2.05, 4.69) is 10.4 Å². The Labute approximate surface area is 118 Å². The van der Waals surface area contributed by atoms with Crippen molar-refractivity contribution in [1.82, 2.24) is 15.3 Å². The van der Waals surface area contributed by atoms with E-state index in [1.54, 1.807) is 12.1 Å². The van der Waals surface area contributed by atoms with Crippen LogP contribution in [0.4, 0.5) is 0 Å². The predicted octanol–water partition coefficient (Wildman–Crippen LogP) is 0.978. The zero-order valence-corrected chi connectivity index (χ0v) is 11.5. The first-order valence-corrected chi connectivity index (χ1v) is 6.95. The van der Waals surface area contributed by atoms with Crippen LogP contribution in [0.5, 0.6) is 0 Å². The summed E-state index contributed by atoms with van der Waals surface area (Å²) in [5.41, 5.74) is 3.03. The topological polar surface area (TPSA) is 88.3 Å². The van der Waals surface area contributed by atoms with E-state index in [1.807, 2.05) is 11.0 Å². The van der Waals surface area contributed by atoms with Gasteiger partial charge in [0.1, 0.15) is 5.69 Å². The molecule has 6 nitrogen and oxygen atoms in total. The third-order valence-electron chi connectivity index (χ3n) is 3.44. The van der Waals surface area contributed by atoms with Crippen LogP contribution in [-0.4, -0.2) is 28.2 Å². The summed E-state index contributed by atoms with van der Waals surface area (Å²) in [6.07, 6.45) is 4.87. The van der Waals surface area contributed by atoms with Gasteiger partial charge in [0.05, 0.1) is 12.2 Å². The van der Waals surface area contributed by atoms with E-state index in [9.17, 15) is 9.59 Å². The Hall–Kier alpha value is -1.95. The van der Waals surface area contributed by atoms with Crippen molar-refractivity contribution in [2.24, 2.45) is 5.84 Å². The zero-order chi connectivity index (χ0) is 14.4. The van der Waals surface area contributed by atoms with Gasteiger partial charge in [-0.05, 0) is 25.0 Å². The van der Waals surface area contributed by atoms with Crippen molar-refractivity contribution in [1.29, 1.82) is 0 Å². The van der Waals surface area contributed by atoms with E-state index in [-0.39, 0.29) is 11.6 Å². The fourth-order valence-corrected chi connectivity index (χ4v) is 2.35. The Bertz CT molecular complexity index is 490. The van der Waals surface area contributed by atoms with Crippen LogP contribution in [0.25, 0.3) is 0 Å². The van der Waals surface area contributed by atoms with Crippen LogP contribution in [-0.2, 0) is 11.3 Å². The summed E-state index contributed by atoms with van der Waals surface area (Å²) in [7, 11) is 0. The molecular formula is C14H20N4O2. The molecule has 0 saturated carbocycles. The molecule has 1 aromatic rings.